The van der Waals surface area contributed by atoms with E-state index in [1.54, 1.807) is 6.42 Å². The summed E-state index contributed by atoms with van der Waals surface area (Å²) in [4.78, 5) is 0. The Bertz CT molecular complexity index is 155. The largest absolute Gasteiger partial charge is 0.0654 e. The van der Waals surface area contributed by atoms with Gasteiger partial charge < -0.3 is 0 Å². The molecule has 0 aromatic rings. The van der Waals surface area contributed by atoms with E-state index in [4.69, 9.17) is 0 Å². The highest BCUT2D eigenvalue weighted by Gasteiger charge is 2.20. The minimum absolute atomic E-state index is 1.09. The maximum absolute atomic E-state index is 2.31. The molecule has 0 aliphatic heterocycles. The van der Waals surface area contributed by atoms with Gasteiger partial charge in [0.25, 0.3) is 0 Å². The van der Waals surface area contributed by atoms with Crippen LogP contribution in [0.5, 0.6) is 0 Å². The molecule has 1 fully saturated rings. The van der Waals surface area contributed by atoms with Crippen LogP contribution in [-0.2, 0) is 0 Å². The van der Waals surface area contributed by atoms with E-state index in [0.29, 0.717) is 0 Å². The standard InChI is InChI=1S/C18H36/c1-3-5-7-9-12-17-14-11-15-18(16-17)13-10-8-6-4-2/h17-18H,3-16H2,1-2H3. The van der Waals surface area contributed by atoms with Crippen LogP contribution in [0.15, 0.2) is 0 Å². The third kappa shape index (κ3) is 7.44. The first-order chi connectivity index (χ1) is 8.86. The van der Waals surface area contributed by atoms with Crippen LogP contribution in [0.4, 0.5) is 0 Å². The van der Waals surface area contributed by atoms with Gasteiger partial charge in [-0.1, -0.05) is 97.3 Å². The Balaban J connectivity index is 2.04. The quantitative estimate of drug-likeness (QED) is 0.378. The Morgan fingerprint density at radius 1 is 0.667 bits per heavy atom. The predicted octanol–water partition coefficient (Wildman–Crippen LogP) is 6.73. The Kier molecular flexibility index (Phi) is 9.70. The van der Waals surface area contributed by atoms with Gasteiger partial charge in [0.1, 0.15) is 0 Å². The molecule has 108 valence electrons. The lowest BCUT2D eigenvalue weighted by molar-refractivity contribution is 0.235. The first-order valence-electron chi connectivity index (χ1n) is 8.86. The van der Waals surface area contributed by atoms with E-state index < -0.39 is 0 Å². The van der Waals surface area contributed by atoms with Gasteiger partial charge in [0, 0.05) is 0 Å². The Morgan fingerprint density at radius 3 is 1.61 bits per heavy atom. The summed E-state index contributed by atoms with van der Waals surface area (Å²) in [6.45, 7) is 4.62. The summed E-state index contributed by atoms with van der Waals surface area (Å²) in [6.07, 6.45) is 20.9. The normalized spacial score (nSPS) is 24.3. The van der Waals surface area contributed by atoms with E-state index in [9.17, 15) is 0 Å². The molecule has 1 aliphatic rings. The second kappa shape index (κ2) is 10.9. The topological polar surface area (TPSA) is 0 Å². The third-order valence-electron chi connectivity index (χ3n) is 4.82. The van der Waals surface area contributed by atoms with Crippen LogP contribution >= 0.6 is 0 Å². The van der Waals surface area contributed by atoms with Crippen LogP contribution < -0.4 is 0 Å². The van der Waals surface area contributed by atoms with Gasteiger partial charge in [0.2, 0.25) is 0 Å². The smallest absolute Gasteiger partial charge is 0.0412 e. The van der Waals surface area contributed by atoms with Crippen LogP contribution in [0.2, 0.25) is 0 Å². The summed E-state index contributed by atoms with van der Waals surface area (Å²) < 4.78 is 0. The zero-order valence-corrected chi connectivity index (χ0v) is 13.1. The lowest BCUT2D eigenvalue weighted by atomic mass is 9.77. The number of rotatable bonds is 10. The van der Waals surface area contributed by atoms with E-state index >= 15 is 0 Å². The average molecular weight is 252 g/mol. The van der Waals surface area contributed by atoms with Gasteiger partial charge in [-0.2, -0.15) is 0 Å². The molecular formula is C18H36. The Morgan fingerprint density at radius 2 is 1.17 bits per heavy atom. The summed E-state index contributed by atoms with van der Waals surface area (Å²) >= 11 is 0. The average Bonchev–Trinajstić information content (AvgIpc) is 2.40. The van der Waals surface area contributed by atoms with Crippen molar-refractivity contribution in [1.29, 1.82) is 0 Å². The number of unbranched alkanes of at least 4 members (excludes halogenated alkanes) is 6. The predicted molar refractivity (Wildman–Crippen MR) is 83.0 cm³/mol. The molecule has 0 amide bonds. The van der Waals surface area contributed by atoms with E-state index in [0.717, 1.165) is 11.8 Å². The zero-order chi connectivity index (χ0) is 13.1. The van der Waals surface area contributed by atoms with Crippen LogP contribution in [0.3, 0.4) is 0 Å². The van der Waals surface area contributed by atoms with Gasteiger partial charge in [0.05, 0.1) is 0 Å². The van der Waals surface area contributed by atoms with Crippen molar-refractivity contribution in [1.82, 2.24) is 0 Å². The Hall–Kier alpha value is 0. The van der Waals surface area contributed by atoms with Crippen LogP contribution in [0.25, 0.3) is 0 Å². The highest BCUT2D eigenvalue weighted by molar-refractivity contribution is 4.73. The van der Waals surface area contributed by atoms with Crippen molar-refractivity contribution < 1.29 is 0 Å². The molecule has 2 atom stereocenters. The van der Waals surface area contributed by atoms with E-state index in [-0.39, 0.29) is 0 Å². The summed E-state index contributed by atoms with van der Waals surface area (Å²) in [5, 5.41) is 0. The highest BCUT2D eigenvalue weighted by Crippen LogP contribution is 2.35. The molecule has 0 nitrogen and oxygen atoms in total. The van der Waals surface area contributed by atoms with Crippen molar-refractivity contribution in [2.45, 2.75) is 104 Å². The van der Waals surface area contributed by atoms with Crippen LogP contribution in [-0.4, -0.2) is 0 Å². The Labute approximate surface area is 116 Å². The maximum Gasteiger partial charge on any atom is -0.0412 e. The molecule has 1 aliphatic carbocycles. The van der Waals surface area contributed by atoms with Crippen molar-refractivity contribution >= 4 is 0 Å². The second-order valence-corrected chi connectivity index (χ2v) is 6.60. The first kappa shape index (κ1) is 16.1. The SMILES string of the molecule is CCCCCCC1CCCC(CCCCCC)C1. The highest BCUT2D eigenvalue weighted by atomic mass is 14.3. The zero-order valence-electron chi connectivity index (χ0n) is 13.1. The van der Waals surface area contributed by atoms with Crippen molar-refractivity contribution in [3.63, 3.8) is 0 Å². The first-order valence-corrected chi connectivity index (χ1v) is 8.86. The van der Waals surface area contributed by atoms with Gasteiger partial charge in [-0.3, -0.25) is 0 Å². The minimum atomic E-state index is 1.09. The minimum Gasteiger partial charge on any atom is -0.0654 e. The molecule has 18 heavy (non-hydrogen) atoms. The lowest BCUT2D eigenvalue weighted by Gasteiger charge is -2.29. The van der Waals surface area contributed by atoms with Crippen LogP contribution in [0.1, 0.15) is 104 Å². The molecule has 0 N–H and O–H groups in total. The van der Waals surface area contributed by atoms with E-state index in [2.05, 4.69) is 13.8 Å². The van der Waals surface area contributed by atoms with Crippen LogP contribution in [0, 0.1) is 11.8 Å². The van der Waals surface area contributed by atoms with Gasteiger partial charge in [0.15, 0.2) is 0 Å². The fourth-order valence-corrected chi connectivity index (χ4v) is 3.65. The monoisotopic (exact) mass is 252 g/mol. The molecule has 1 saturated carbocycles. The fourth-order valence-electron chi connectivity index (χ4n) is 3.65. The van der Waals surface area contributed by atoms with Gasteiger partial charge in [-0.25, -0.2) is 0 Å². The molecule has 0 heteroatoms. The summed E-state index contributed by atoms with van der Waals surface area (Å²) in [5.74, 6) is 2.18. The molecular weight excluding hydrogens is 216 g/mol. The molecule has 0 aromatic heterocycles. The summed E-state index contributed by atoms with van der Waals surface area (Å²) in [5.41, 5.74) is 0. The molecule has 0 saturated heterocycles. The van der Waals surface area contributed by atoms with E-state index in [1.807, 2.05) is 0 Å². The van der Waals surface area contributed by atoms with Crippen molar-refractivity contribution in [2.75, 3.05) is 0 Å². The molecule has 0 spiro atoms. The second-order valence-electron chi connectivity index (χ2n) is 6.60. The molecule has 0 bridgehead atoms. The van der Waals surface area contributed by atoms with Gasteiger partial charge in [-0.05, 0) is 18.3 Å². The summed E-state index contributed by atoms with van der Waals surface area (Å²) in [7, 11) is 0. The number of hydrogen-bond donors (Lipinski definition) is 0. The van der Waals surface area contributed by atoms with Crippen molar-refractivity contribution in [2.24, 2.45) is 11.8 Å². The molecule has 2 unspecified atom stereocenters. The summed E-state index contributed by atoms with van der Waals surface area (Å²) in [6, 6.07) is 0. The lowest BCUT2D eigenvalue weighted by Crippen LogP contribution is -2.15. The van der Waals surface area contributed by atoms with E-state index in [1.165, 1.54) is 83.5 Å². The third-order valence-corrected chi connectivity index (χ3v) is 4.82. The molecule has 0 radical (unpaired) electrons. The maximum atomic E-state index is 2.31. The van der Waals surface area contributed by atoms with Crippen molar-refractivity contribution in [3.8, 4) is 0 Å². The molecule has 0 heterocycles. The van der Waals surface area contributed by atoms with Gasteiger partial charge in [-0.15, -0.1) is 0 Å². The number of hydrogen-bond acceptors (Lipinski definition) is 0. The van der Waals surface area contributed by atoms with Crippen molar-refractivity contribution in [3.05, 3.63) is 0 Å². The molecule has 0 aromatic carbocycles. The fraction of sp³-hybridized carbons (Fsp3) is 1.00. The van der Waals surface area contributed by atoms with Gasteiger partial charge >= 0.3 is 0 Å². The molecule has 1 rings (SSSR count).